The molecular weight excluding hydrogens is 347 g/mol. The zero-order valence-electron chi connectivity index (χ0n) is 13.3. The second-order valence-corrected chi connectivity index (χ2v) is 6.23. The van der Waals surface area contributed by atoms with Crippen LogP contribution in [-0.2, 0) is 11.3 Å². The summed E-state index contributed by atoms with van der Waals surface area (Å²) in [6.45, 7) is 4.65. The minimum atomic E-state index is -0.334. The summed E-state index contributed by atoms with van der Waals surface area (Å²) in [5.41, 5.74) is 3.23. The molecule has 0 saturated carbocycles. The Morgan fingerprint density at radius 1 is 1.17 bits per heavy atom. The summed E-state index contributed by atoms with van der Waals surface area (Å²) in [7, 11) is 0. The molecular formula is C18H16Cl2N2O2. The summed E-state index contributed by atoms with van der Waals surface area (Å²) < 4.78 is 7.11. The van der Waals surface area contributed by atoms with Gasteiger partial charge in [0.25, 0.3) is 0 Å². The van der Waals surface area contributed by atoms with E-state index in [1.807, 2.05) is 35.8 Å². The molecule has 0 bridgehead atoms. The molecule has 0 spiro atoms. The molecule has 0 atom stereocenters. The maximum Gasteiger partial charge on any atom is 0.338 e. The van der Waals surface area contributed by atoms with Gasteiger partial charge in [0.2, 0.25) is 0 Å². The van der Waals surface area contributed by atoms with E-state index in [0.717, 1.165) is 22.4 Å². The van der Waals surface area contributed by atoms with Crippen LogP contribution in [0.5, 0.6) is 0 Å². The Balaban J connectivity index is 2.02. The number of ether oxygens (including phenoxy) is 1. The van der Waals surface area contributed by atoms with Gasteiger partial charge in [-0.1, -0.05) is 29.3 Å². The van der Waals surface area contributed by atoms with E-state index in [2.05, 4.69) is 4.98 Å². The summed E-state index contributed by atoms with van der Waals surface area (Å²) in [5.74, 6) is 0.524. The highest BCUT2D eigenvalue weighted by Gasteiger charge is 2.13. The standard InChI is InChI=1S/C18H16Cl2N2O2/c1-3-24-18(23)13-5-7-16-17(9-13)22(11(2)21-16)10-12-4-6-14(19)15(20)8-12/h4-9H,3,10H2,1-2H3. The summed E-state index contributed by atoms with van der Waals surface area (Å²) in [6, 6.07) is 10.9. The fraction of sp³-hybridized carbons (Fsp3) is 0.222. The van der Waals surface area contributed by atoms with Gasteiger partial charge in [0.1, 0.15) is 5.82 Å². The van der Waals surface area contributed by atoms with Gasteiger partial charge < -0.3 is 9.30 Å². The minimum Gasteiger partial charge on any atom is -0.462 e. The number of carbonyl (C=O) groups excluding carboxylic acids is 1. The number of nitrogens with zero attached hydrogens (tertiary/aromatic N) is 2. The van der Waals surface area contributed by atoms with Crippen LogP contribution >= 0.6 is 23.2 Å². The first-order chi connectivity index (χ1) is 11.5. The second kappa shape index (κ2) is 6.83. The average molecular weight is 363 g/mol. The molecule has 4 nitrogen and oxygen atoms in total. The number of esters is 1. The van der Waals surface area contributed by atoms with Crippen molar-refractivity contribution >= 4 is 40.2 Å². The molecule has 0 fully saturated rings. The van der Waals surface area contributed by atoms with E-state index in [1.165, 1.54) is 0 Å². The zero-order valence-corrected chi connectivity index (χ0v) is 14.9. The van der Waals surface area contributed by atoms with E-state index in [-0.39, 0.29) is 5.97 Å². The normalized spacial score (nSPS) is 11.0. The number of imidazole rings is 1. The highest BCUT2D eigenvalue weighted by molar-refractivity contribution is 6.42. The van der Waals surface area contributed by atoms with Crippen LogP contribution in [0.2, 0.25) is 10.0 Å². The molecule has 0 radical (unpaired) electrons. The summed E-state index contributed by atoms with van der Waals surface area (Å²) in [6.07, 6.45) is 0. The molecule has 0 aliphatic carbocycles. The summed E-state index contributed by atoms with van der Waals surface area (Å²) >= 11 is 12.1. The Morgan fingerprint density at radius 2 is 1.96 bits per heavy atom. The SMILES string of the molecule is CCOC(=O)c1ccc2nc(C)n(Cc3ccc(Cl)c(Cl)c3)c2c1. The number of hydrogen-bond acceptors (Lipinski definition) is 3. The van der Waals surface area contributed by atoms with Crippen LogP contribution in [-0.4, -0.2) is 22.1 Å². The molecule has 3 rings (SSSR count). The van der Waals surface area contributed by atoms with Crippen molar-refractivity contribution in [1.29, 1.82) is 0 Å². The molecule has 6 heteroatoms. The molecule has 1 aromatic heterocycles. The van der Waals surface area contributed by atoms with Crippen LogP contribution in [0.3, 0.4) is 0 Å². The van der Waals surface area contributed by atoms with Crippen LogP contribution in [0.15, 0.2) is 36.4 Å². The van der Waals surface area contributed by atoms with Crippen LogP contribution in [0.1, 0.15) is 28.7 Å². The minimum absolute atomic E-state index is 0.334. The van der Waals surface area contributed by atoms with Crippen LogP contribution in [0, 0.1) is 6.92 Å². The molecule has 0 aliphatic heterocycles. The third-order valence-electron chi connectivity index (χ3n) is 3.77. The third-order valence-corrected chi connectivity index (χ3v) is 4.51. The van der Waals surface area contributed by atoms with Gasteiger partial charge in [0.05, 0.1) is 33.2 Å². The topological polar surface area (TPSA) is 44.1 Å². The van der Waals surface area contributed by atoms with E-state index >= 15 is 0 Å². The zero-order chi connectivity index (χ0) is 17.3. The fourth-order valence-corrected chi connectivity index (χ4v) is 2.93. The lowest BCUT2D eigenvalue weighted by atomic mass is 10.2. The third kappa shape index (κ3) is 3.25. The van der Waals surface area contributed by atoms with Gasteiger partial charge in [-0.05, 0) is 49.7 Å². The van der Waals surface area contributed by atoms with Gasteiger partial charge in [-0.2, -0.15) is 0 Å². The number of carbonyl (C=O) groups is 1. The van der Waals surface area contributed by atoms with Crippen molar-refractivity contribution in [2.24, 2.45) is 0 Å². The lowest BCUT2D eigenvalue weighted by Crippen LogP contribution is -2.06. The number of benzene rings is 2. The number of aromatic nitrogens is 2. The Labute approximate surface area is 150 Å². The van der Waals surface area contributed by atoms with Crippen LogP contribution in [0.4, 0.5) is 0 Å². The number of aryl methyl sites for hydroxylation is 1. The number of fused-ring (bicyclic) bond motifs is 1. The smallest absolute Gasteiger partial charge is 0.338 e. The van der Waals surface area contributed by atoms with Crippen molar-refractivity contribution < 1.29 is 9.53 Å². The number of rotatable bonds is 4. The van der Waals surface area contributed by atoms with Crippen molar-refractivity contribution in [2.45, 2.75) is 20.4 Å². The fourth-order valence-electron chi connectivity index (χ4n) is 2.60. The molecule has 2 aromatic carbocycles. The Bertz CT molecular complexity index is 919. The number of halogens is 2. The van der Waals surface area contributed by atoms with Crippen molar-refractivity contribution in [1.82, 2.24) is 9.55 Å². The van der Waals surface area contributed by atoms with Crippen molar-refractivity contribution in [3.8, 4) is 0 Å². The monoisotopic (exact) mass is 362 g/mol. The Morgan fingerprint density at radius 3 is 2.67 bits per heavy atom. The molecule has 0 aliphatic rings. The van der Waals surface area contributed by atoms with E-state index < -0.39 is 0 Å². The Hall–Kier alpha value is -2.04. The van der Waals surface area contributed by atoms with Crippen molar-refractivity contribution in [3.63, 3.8) is 0 Å². The van der Waals surface area contributed by atoms with E-state index in [0.29, 0.717) is 28.8 Å². The molecule has 124 valence electrons. The van der Waals surface area contributed by atoms with Crippen molar-refractivity contribution in [2.75, 3.05) is 6.61 Å². The van der Waals surface area contributed by atoms with Gasteiger partial charge in [-0.25, -0.2) is 9.78 Å². The molecule has 0 amide bonds. The summed E-state index contributed by atoms with van der Waals surface area (Å²) in [4.78, 5) is 16.5. The summed E-state index contributed by atoms with van der Waals surface area (Å²) in [5, 5.41) is 1.04. The van der Waals surface area contributed by atoms with Gasteiger partial charge >= 0.3 is 5.97 Å². The van der Waals surface area contributed by atoms with E-state index in [4.69, 9.17) is 27.9 Å². The first-order valence-corrected chi connectivity index (χ1v) is 8.33. The molecule has 1 heterocycles. The molecule has 3 aromatic rings. The van der Waals surface area contributed by atoms with Crippen LogP contribution < -0.4 is 0 Å². The Kier molecular flexibility index (Phi) is 4.78. The molecule has 0 unspecified atom stereocenters. The molecule has 0 N–H and O–H groups in total. The highest BCUT2D eigenvalue weighted by Crippen LogP contribution is 2.25. The predicted octanol–water partition coefficient (Wildman–Crippen LogP) is 4.88. The van der Waals surface area contributed by atoms with Gasteiger partial charge in [-0.3, -0.25) is 0 Å². The number of hydrogen-bond donors (Lipinski definition) is 0. The van der Waals surface area contributed by atoms with E-state index in [9.17, 15) is 4.79 Å². The lowest BCUT2D eigenvalue weighted by Gasteiger charge is -2.09. The maximum absolute atomic E-state index is 12.0. The van der Waals surface area contributed by atoms with E-state index in [1.54, 1.807) is 19.1 Å². The van der Waals surface area contributed by atoms with Gasteiger partial charge in [-0.15, -0.1) is 0 Å². The average Bonchev–Trinajstić information content (AvgIpc) is 2.86. The lowest BCUT2D eigenvalue weighted by molar-refractivity contribution is 0.0526. The molecule has 0 saturated heterocycles. The first-order valence-electron chi connectivity index (χ1n) is 7.57. The quantitative estimate of drug-likeness (QED) is 0.621. The predicted molar refractivity (Wildman–Crippen MR) is 96.0 cm³/mol. The van der Waals surface area contributed by atoms with Gasteiger partial charge in [0, 0.05) is 6.54 Å². The van der Waals surface area contributed by atoms with Crippen molar-refractivity contribution in [3.05, 3.63) is 63.4 Å². The second-order valence-electron chi connectivity index (χ2n) is 5.42. The maximum atomic E-state index is 12.0. The van der Waals surface area contributed by atoms with Crippen LogP contribution in [0.25, 0.3) is 11.0 Å². The largest absolute Gasteiger partial charge is 0.462 e. The highest BCUT2D eigenvalue weighted by atomic mass is 35.5. The molecule has 24 heavy (non-hydrogen) atoms. The van der Waals surface area contributed by atoms with Gasteiger partial charge in [0.15, 0.2) is 0 Å². The first kappa shape index (κ1) is 16.8.